The van der Waals surface area contributed by atoms with E-state index in [0.717, 1.165) is 43.5 Å². The molecule has 20 heavy (non-hydrogen) atoms. The molecule has 2 aliphatic rings. The van der Waals surface area contributed by atoms with Gasteiger partial charge in [-0.15, -0.1) is 0 Å². The average Bonchev–Trinajstić information content (AvgIpc) is 3.21. The molecule has 2 fully saturated rings. The summed E-state index contributed by atoms with van der Waals surface area (Å²) in [7, 11) is 0. The minimum absolute atomic E-state index is 0.197. The van der Waals surface area contributed by atoms with E-state index in [1.165, 1.54) is 18.4 Å². The highest BCUT2D eigenvalue weighted by Crippen LogP contribution is 2.49. The Labute approximate surface area is 126 Å². The molecule has 1 aromatic rings. The van der Waals surface area contributed by atoms with Gasteiger partial charge in [-0.1, -0.05) is 18.5 Å². The summed E-state index contributed by atoms with van der Waals surface area (Å²) >= 11 is 6.32. The van der Waals surface area contributed by atoms with E-state index in [1.807, 2.05) is 6.20 Å². The summed E-state index contributed by atoms with van der Waals surface area (Å²) < 4.78 is 6.10. The van der Waals surface area contributed by atoms with E-state index in [1.54, 1.807) is 6.20 Å². The summed E-state index contributed by atoms with van der Waals surface area (Å²) in [6, 6.07) is 2.05. The van der Waals surface area contributed by atoms with E-state index in [-0.39, 0.29) is 5.41 Å². The summed E-state index contributed by atoms with van der Waals surface area (Å²) in [6.07, 6.45) is 8.74. The van der Waals surface area contributed by atoms with Crippen molar-refractivity contribution in [2.24, 2.45) is 11.3 Å². The van der Waals surface area contributed by atoms with E-state index in [4.69, 9.17) is 16.3 Å². The molecular weight excluding hydrogens is 272 g/mol. The molecule has 1 saturated carbocycles. The first-order chi connectivity index (χ1) is 9.75. The second kappa shape index (κ2) is 6.00. The zero-order valence-electron chi connectivity index (χ0n) is 12.1. The Hall–Kier alpha value is -0.640. The van der Waals surface area contributed by atoms with Crippen molar-refractivity contribution < 1.29 is 4.74 Å². The smallest absolute Gasteiger partial charge is 0.0675 e. The molecule has 1 aliphatic carbocycles. The first-order valence-corrected chi connectivity index (χ1v) is 8.04. The Kier molecular flexibility index (Phi) is 4.29. The Balaban J connectivity index is 1.83. The zero-order valence-corrected chi connectivity index (χ0v) is 12.8. The van der Waals surface area contributed by atoms with Gasteiger partial charge in [-0.2, -0.15) is 0 Å². The molecule has 2 unspecified atom stereocenters. The van der Waals surface area contributed by atoms with Crippen LogP contribution in [-0.4, -0.2) is 30.8 Å². The van der Waals surface area contributed by atoms with Gasteiger partial charge in [0.05, 0.1) is 11.1 Å². The van der Waals surface area contributed by atoms with Crippen LogP contribution in [0.2, 0.25) is 5.02 Å². The van der Waals surface area contributed by atoms with Crippen LogP contribution in [0.3, 0.4) is 0 Å². The molecule has 1 saturated heterocycles. The maximum absolute atomic E-state index is 6.32. The first kappa shape index (κ1) is 14.3. The van der Waals surface area contributed by atoms with Crippen molar-refractivity contribution in [1.82, 2.24) is 10.3 Å². The lowest BCUT2D eigenvalue weighted by molar-refractivity contribution is 0.0309. The van der Waals surface area contributed by atoms with Gasteiger partial charge >= 0.3 is 0 Å². The highest BCUT2D eigenvalue weighted by atomic mass is 35.5. The van der Waals surface area contributed by atoms with Crippen LogP contribution in [0.5, 0.6) is 0 Å². The molecule has 1 aliphatic heterocycles. The van der Waals surface area contributed by atoms with E-state index >= 15 is 0 Å². The van der Waals surface area contributed by atoms with Crippen LogP contribution in [0.1, 0.15) is 31.7 Å². The third-order valence-corrected chi connectivity index (χ3v) is 5.02. The second-order valence-electron chi connectivity index (χ2n) is 6.17. The van der Waals surface area contributed by atoms with Gasteiger partial charge in [-0.3, -0.25) is 4.98 Å². The lowest BCUT2D eigenvalue weighted by Gasteiger charge is -2.35. The molecule has 1 N–H and O–H groups in total. The Morgan fingerprint density at radius 3 is 3.05 bits per heavy atom. The third kappa shape index (κ3) is 2.85. The van der Waals surface area contributed by atoms with Crippen LogP contribution in [0.15, 0.2) is 18.5 Å². The fourth-order valence-electron chi connectivity index (χ4n) is 3.48. The molecule has 1 aromatic heterocycles. The number of ether oxygens (including phenoxy) is 1. The molecule has 4 heteroatoms. The monoisotopic (exact) mass is 294 g/mol. The summed E-state index contributed by atoms with van der Waals surface area (Å²) in [5.74, 6) is 0.761. The van der Waals surface area contributed by atoms with E-state index in [9.17, 15) is 0 Å². The van der Waals surface area contributed by atoms with Gasteiger partial charge in [0, 0.05) is 31.0 Å². The molecule has 0 spiro atoms. The van der Waals surface area contributed by atoms with Crippen LogP contribution in [0.4, 0.5) is 0 Å². The van der Waals surface area contributed by atoms with Gasteiger partial charge in [0.1, 0.15) is 0 Å². The van der Waals surface area contributed by atoms with Gasteiger partial charge in [0.15, 0.2) is 0 Å². The van der Waals surface area contributed by atoms with Crippen molar-refractivity contribution >= 4 is 11.6 Å². The van der Waals surface area contributed by atoms with Crippen LogP contribution in [0, 0.1) is 11.3 Å². The number of rotatable bonds is 6. The zero-order chi connectivity index (χ0) is 14.0. The van der Waals surface area contributed by atoms with Crippen molar-refractivity contribution in [2.75, 3.05) is 19.7 Å². The lowest BCUT2D eigenvalue weighted by atomic mass is 9.74. The fourth-order valence-corrected chi connectivity index (χ4v) is 3.67. The van der Waals surface area contributed by atoms with Crippen molar-refractivity contribution in [1.29, 1.82) is 0 Å². The topological polar surface area (TPSA) is 34.2 Å². The molecular formula is C16H23ClN2O. The molecule has 3 nitrogen and oxygen atoms in total. The van der Waals surface area contributed by atoms with Crippen LogP contribution >= 0.6 is 11.6 Å². The maximum Gasteiger partial charge on any atom is 0.0675 e. The number of nitrogens with zero attached hydrogens (tertiary/aromatic N) is 1. The molecule has 110 valence electrons. The Bertz CT molecular complexity index is 464. The van der Waals surface area contributed by atoms with E-state index in [0.29, 0.717) is 6.10 Å². The summed E-state index contributed by atoms with van der Waals surface area (Å²) in [5.41, 5.74) is 1.40. The predicted octanol–water partition coefficient (Wildman–Crippen LogP) is 3.07. The molecule has 3 rings (SSSR count). The van der Waals surface area contributed by atoms with Crippen molar-refractivity contribution in [2.45, 2.75) is 38.7 Å². The highest BCUT2D eigenvalue weighted by molar-refractivity contribution is 6.31. The summed E-state index contributed by atoms with van der Waals surface area (Å²) in [5, 5.41) is 4.33. The minimum atomic E-state index is 0.197. The van der Waals surface area contributed by atoms with Crippen molar-refractivity contribution in [3.63, 3.8) is 0 Å². The van der Waals surface area contributed by atoms with Crippen LogP contribution < -0.4 is 5.32 Å². The molecule has 0 bridgehead atoms. The number of hydrogen-bond donors (Lipinski definition) is 1. The maximum atomic E-state index is 6.32. The summed E-state index contributed by atoms with van der Waals surface area (Å²) in [4.78, 5) is 4.09. The second-order valence-corrected chi connectivity index (χ2v) is 6.57. The van der Waals surface area contributed by atoms with E-state index in [2.05, 4.69) is 23.3 Å². The van der Waals surface area contributed by atoms with Gasteiger partial charge < -0.3 is 10.1 Å². The molecule has 2 atom stereocenters. The molecule has 0 amide bonds. The van der Waals surface area contributed by atoms with Gasteiger partial charge in [0.2, 0.25) is 0 Å². The Morgan fingerprint density at radius 2 is 2.35 bits per heavy atom. The molecule has 2 heterocycles. The normalized spacial score (nSPS) is 29.8. The number of pyridine rings is 1. The first-order valence-electron chi connectivity index (χ1n) is 7.66. The third-order valence-electron chi connectivity index (χ3n) is 4.68. The largest absolute Gasteiger partial charge is 0.377 e. The van der Waals surface area contributed by atoms with Gasteiger partial charge in [0.25, 0.3) is 0 Å². The number of aromatic nitrogens is 1. The molecule has 0 aromatic carbocycles. The number of hydrogen-bond acceptors (Lipinski definition) is 3. The molecule has 0 radical (unpaired) electrons. The SMILES string of the molecule is CCNCC1(Cc2ccncc2Cl)CCOC1C1CC1. The summed E-state index contributed by atoms with van der Waals surface area (Å²) in [6.45, 7) is 5.07. The van der Waals surface area contributed by atoms with Gasteiger partial charge in [-0.25, -0.2) is 0 Å². The lowest BCUT2D eigenvalue weighted by Crippen LogP contribution is -2.43. The quantitative estimate of drug-likeness (QED) is 0.875. The number of nitrogens with one attached hydrogen (secondary N) is 1. The fraction of sp³-hybridized carbons (Fsp3) is 0.688. The van der Waals surface area contributed by atoms with Gasteiger partial charge in [-0.05, 0) is 49.8 Å². The van der Waals surface area contributed by atoms with Crippen LogP contribution in [0.25, 0.3) is 0 Å². The minimum Gasteiger partial charge on any atom is -0.377 e. The highest BCUT2D eigenvalue weighted by Gasteiger charge is 2.50. The standard InChI is InChI=1S/C16H23ClN2O/c1-2-18-11-16(6-8-20-15(16)12-3-4-12)9-13-5-7-19-10-14(13)17/h5,7,10,12,15,18H,2-4,6,8-9,11H2,1H3. The van der Waals surface area contributed by atoms with E-state index < -0.39 is 0 Å². The van der Waals surface area contributed by atoms with Crippen LogP contribution in [-0.2, 0) is 11.2 Å². The average molecular weight is 295 g/mol. The predicted molar refractivity (Wildman–Crippen MR) is 81.0 cm³/mol. The number of halogens is 1. The Morgan fingerprint density at radius 1 is 1.50 bits per heavy atom. The van der Waals surface area contributed by atoms with Crippen molar-refractivity contribution in [3.05, 3.63) is 29.0 Å². The van der Waals surface area contributed by atoms with Crippen molar-refractivity contribution in [3.8, 4) is 0 Å².